The van der Waals surface area contributed by atoms with Crippen LogP contribution in [0.3, 0.4) is 0 Å². The fraction of sp³-hybridized carbons (Fsp3) is 0.417. The molecular formula is C24H28F2N8OS. The van der Waals surface area contributed by atoms with Crippen molar-refractivity contribution in [2.45, 2.75) is 31.3 Å². The van der Waals surface area contributed by atoms with Crippen molar-refractivity contribution < 1.29 is 13.6 Å². The van der Waals surface area contributed by atoms with Gasteiger partial charge in [0.2, 0.25) is 0 Å². The minimum absolute atomic E-state index is 0.0172. The molecule has 2 aliphatic heterocycles. The summed E-state index contributed by atoms with van der Waals surface area (Å²) < 4.78 is 30.0. The van der Waals surface area contributed by atoms with Crippen LogP contribution in [0.5, 0.6) is 0 Å². The number of rotatable bonds is 4. The Morgan fingerprint density at radius 1 is 1.19 bits per heavy atom. The third-order valence-corrected chi connectivity index (χ3v) is 7.03. The number of urea groups is 1. The quantitative estimate of drug-likeness (QED) is 0.517. The molecule has 2 amide bonds. The molecule has 0 aliphatic carbocycles. The summed E-state index contributed by atoms with van der Waals surface area (Å²) in [5.74, 6) is -0.212. The maximum Gasteiger partial charge on any atom is 0.317 e. The van der Waals surface area contributed by atoms with Crippen molar-refractivity contribution >= 4 is 40.5 Å². The maximum absolute atomic E-state index is 14.5. The van der Waals surface area contributed by atoms with Crippen LogP contribution in [-0.4, -0.2) is 75.3 Å². The van der Waals surface area contributed by atoms with Crippen LogP contribution in [0.1, 0.15) is 30.9 Å². The lowest BCUT2D eigenvalue weighted by Crippen LogP contribution is -2.43. The topological polar surface area (TPSA) is 81.0 Å². The third kappa shape index (κ3) is 4.77. The number of halogens is 2. The number of fused-ring (bicyclic) bond motifs is 1. The van der Waals surface area contributed by atoms with E-state index in [0.29, 0.717) is 47.3 Å². The minimum atomic E-state index is -0.456. The van der Waals surface area contributed by atoms with E-state index in [1.54, 1.807) is 31.0 Å². The number of nitrogens with zero attached hydrogens (tertiary/aromatic N) is 6. The summed E-state index contributed by atoms with van der Waals surface area (Å²) in [6, 6.07) is 5.00. The number of benzene rings is 1. The Hall–Kier alpha value is -3.54. The number of hydrogen-bond acceptors (Lipinski definition) is 5. The molecule has 2 aliphatic rings. The van der Waals surface area contributed by atoms with Gasteiger partial charge >= 0.3 is 6.03 Å². The second kappa shape index (κ2) is 9.84. The number of carbonyl (C=O) groups excluding carboxylic acids is 1. The van der Waals surface area contributed by atoms with Crippen LogP contribution in [0, 0.1) is 11.6 Å². The summed E-state index contributed by atoms with van der Waals surface area (Å²) in [6.45, 7) is 2.02. The molecule has 4 heterocycles. The number of carbonyl (C=O) groups is 1. The van der Waals surface area contributed by atoms with Crippen molar-refractivity contribution in [2.24, 2.45) is 0 Å². The molecule has 2 N–H and O–H groups in total. The van der Waals surface area contributed by atoms with Gasteiger partial charge in [0.25, 0.3) is 0 Å². The number of amides is 2. The Bertz CT molecular complexity index is 1300. The average molecular weight is 515 g/mol. The molecule has 12 heteroatoms. The lowest BCUT2D eigenvalue weighted by Gasteiger charge is -2.26. The molecule has 2 atom stereocenters. The number of nitrogens with one attached hydrogen (secondary N) is 2. The van der Waals surface area contributed by atoms with E-state index >= 15 is 0 Å². The largest absolute Gasteiger partial charge is 0.349 e. The van der Waals surface area contributed by atoms with Crippen molar-refractivity contribution in [1.82, 2.24) is 29.7 Å². The van der Waals surface area contributed by atoms with Gasteiger partial charge in [0.05, 0.1) is 12.2 Å². The van der Waals surface area contributed by atoms with Gasteiger partial charge in [-0.05, 0) is 55.7 Å². The molecule has 36 heavy (non-hydrogen) atoms. The average Bonchev–Trinajstić information content (AvgIpc) is 3.60. The molecule has 0 bridgehead atoms. The fourth-order valence-electron chi connectivity index (χ4n) is 4.80. The molecule has 1 aromatic carbocycles. The molecule has 9 nitrogen and oxygen atoms in total. The van der Waals surface area contributed by atoms with Gasteiger partial charge in [-0.1, -0.05) is 0 Å². The van der Waals surface area contributed by atoms with Gasteiger partial charge in [0.15, 0.2) is 10.8 Å². The van der Waals surface area contributed by atoms with Crippen molar-refractivity contribution in [2.75, 3.05) is 43.9 Å². The molecule has 0 spiro atoms. The van der Waals surface area contributed by atoms with E-state index in [1.165, 1.54) is 17.0 Å². The summed E-state index contributed by atoms with van der Waals surface area (Å²) in [5.41, 5.74) is 1.57. The molecule has 190 valence electrons. The van der Waals surface area contributed by atoms with Gasteiger partial charge in [-0.15, -0.1) is 0 Å². The van der Waals surface area contributed by atoms with Crippen molar-refractivity contribution in [1.29, 1.82) is 0 Å². The Kier molecular flexibility index (Phi) is 6.61. The first-order chi connectivity index (χ1) is 17.3. The van der Waals surface area contributed by atoms with E-state index in [0.717, 1.165) is 25.5 Å². The summed E-state index contributed by atoms with van der Waals surface area (Å²) in [7, 11) is 3.42. The highest BCUT2D eigenvalue weighted by molar-refractivity contribution is 7.80. The van der Waals surface area contributed by atoms with Crippen molar-refractivity contribution in [3.63, 3.8) is 0 Å². The smallest absolute Gasteiger partial charge is 0.317 e. The molecular weight excluding hydrogens is 486 g/mol. The zero-order valence-corrected chi connectivity index (χ0v) is 20.9. The highest BCUT2D eigenvalue weighted by atomic mass is 32.1. The van der Waals surface area contributed by atoms with E-state index < -0.39 is 11.6 Å². The summed E-state index contributed by atoms with van der Waals surface area (Å²) in [6.07, 6.45) is 5.81. The van der Waals surface area contributed by atoms with Crippen LogP contribution in [0.2, 0.25) is 0 Å². The minimum Gasteiger partial charge on any atom is -0.349 e. The van der Waals surface area contributed by atoms with E-state index in [9.17, 15) is 13.6 Å². The number of thiocarbonyl (C=S) groups is 1. The van der Waals surface area contributed by atoms with Gasteiger partial charge in [-0.3, -0.25) is 0 Å². The van der Waals surface area contributed by atoms with Crippen molar-refractivity contribution in [3.8, 4) is 0 Å². The fourth-order valence-corrected chi connectivity index (χ4v) is 5.08. The molecule has 3 aromatic rings. The van der Waals surface area contributed by atoms with Gasteiger partial charge < -0.3 is 25.3 Å². The van der Waals surface area contributed by atoms with Crippen LogP contribution in [-0.2, 0) is 0 Å². The zero-order valence-electron chi connectivity index (χ0n) is 20.1. The van der Waals surface area contributed by atoms with Crippen LogP contribution in [0.4, 0.5) is 25.1 Å². The Labute approximate surface area is 213 Å². The molecule has 0 radical (unpaired) electrons. The van der Waals surface area contributed by atoms with Crippen LogP contribution >= 0.6 is 12.2 Å². The van der Waals surface area contributed by atoms with Gasteiger partial charge in [0, 0.05) is 51.5 Å². The monoisotopic (exact) mass is 514 g/mol. The highest BCUT2D eigenvalue weighted by Gasteiger charge is 2.30. The summed E-state index contributed by atoms with van der Waals surface area (Å²) in [4.78, 5) is 22.3. The maximum atomic E-state index is 14.5. The summed E-state index contributed by atoms with van der Waals surface area (Å²) >= 11 is 5.63. The van der Waals surface area contributed by atoms with E-state index in [2.05, 4.69) is 15.7 Å². The van der Waals surface area contributed by atoms with Crippen LogP contribution in [0.15, 0.2) is 36.7 Å². The number of aromatic nitrogens is 3. The normalized spacial score (nSPS) is 19.7. The van der Waals surface area contributed by atoms with Crippen LogP contribution in [0.25, 0.3) is 5.65 Å². The molecule has 0 saturated carbocycles. The second-order valence-electron chi connectivity index (χ2n) is 9.34. The Morgan fingerprint density at radius 2 is 2.03 bits per heavy atom. The zero-order chi connectivity index (χ0) is 25.4. The molecule has 5 rings (SSSR count). The second-order valence-corrected chi connectivity index (χ2v) is 9.72. The summed E-state index contributed by atoms with van der Waals surface area (Å²) in [5, 5.41) is 11.1. The third-order valence-electron chi connectivity index (χ3n) is 6.67. The number of hydrogen-bond donors (Lipinski definition) is 2. The van der Waals surface area contributed by atoms with Gasteiger partial charge in [-0.2, -0.15) is 5.10 Å². The highest BCUT2D eigenvalue weighted by Crippen LogP contribution is 2.37. The van der Waals surface area contributed by atoms with E-state index in [4.69, 9.17) is 17.2 Å². The molecule has 0 unspecified atom stereocenters. The Morgan fingerprint density at radius 3 is 2.83 bits per heavy atom. The first-order valence-corrected chi connectivity index (χ1v) is 12.3. The standard InChI is InChI=1S/C24H28F2N8OS/c1-31(2)23(35)28-16-7-10-32(14-16)24(36)29-19-13-27-34-11-8-21(30-22(19)34)33-9-3-4-20(33)17-12-15(25)5-6-18(17)26/h5-6,8,11-13,16,20H,3-4,7,9-10,14H2,1-2H3,(H,28,35)(H,29,36)/t16-,20+/m0/s1. The van der Waals surface area contributed by atoms with E-state index in [1.807, 2.05) is 15.9 Å². The predicted octanol–water partition coefficient (Wildman–Crippen LogP) is 3.39. The Balaban J connectivity index is 1.32. The number of likely N-dealkylation sites (tertiary alicyclic amines) is 1. The molecule has 2 saturated heterocycles. The van der Waals surface area contributed by atoms with Gasteiger partial charge in [0.1, 0.15) is 23.1 Å². The first kappa shape index (κ1) is 24.2. The lowest BCUT2D eigenvalue weighted by atomic mass is 10.0. The van der Waals surface area contributed by atoms with Gasteiger partial charge in [-0.25, -0.2) is 23.1 Å². The van der Waals surface area contributed by atoms with E-state index in [-0.39, 0.29) is 18.1 Å². The SMILES string of the molecule is CN(C)C(=O)N[C@H]1CCN(C(=S)Nc2cnn3ccc(N4CCC[C@@H]4c4cc(F)ccc4F)nc23)C1. The first-order valence-electron chi connectivity index (χ1n) is 11.9. The predicted molar refractivity (Wildman–Crippen MR) is 137 cm³/mol. The lowest BCUT2D eigenvalue weighted by molar-refractivity contribution is 0.213. The van der Waals surface area contributed by atoms with Crippen molar-refractivity contribution in [3.05, 3.63) is 53.9 Å². The molecule has 2 fully saturated rings. The van der Waals surface area contributed by atoms with Crippen LogP contribution < -0.4 is 15.5 Å². The number of anilines is 2. The molecule has 2 aromatic heterocycles.